The van der Waals surface area contributed by atoms with Crippen molar-refractivity contribution in [3.8, 4) is 0 Å². The van der Waals surface area contributed by atoms with Crippen LogP contribution in [0.4, 0.5) is 0 Å². The number of hydrogen-bond acceptors (Lipinski definition) is 3. The predicted molar refractivity (Wildman–Crippen MR) is 56.6 cm³/mol. The molecule has 0 heterocycles. The van der Waals surface area contributed by atoms with Gasteiger partial charge < -0.3 is 4.74 Å². The summed E-state index contributed by atoms with van der Waals surface area (Å²) in [6.07, 6.45) is -0.372. The SMILES string of the molecule is CC(C)OC(=O)CC(=O)c1ccccc1. The van der Waals surface area contributed by atoms with Crippen molar-refractivity contribution in [3.05, 3.63) is 35.9 Å². The molecule has 1 aromatic carbocycles. The van der Waals surface area contributed by atoms with Crippen molar-refractivity contribution in [1.82, 2.24) is 0 Å². The first-order chi connectivity index (χ1) is 7.09. The smallest absolute Gasteiger partial charge is 0.313 e. The molecule has 0 saturated heterocycles. The Labute approximate surface area is 89.1 Å². The minimum Gasteiger partial charge on any atom is -0.463 e. The topological polar surface area (TPSA) is 43.4 Å². The zero-order chi connectivity index (χ0) is 11.3. The van der Waals surface area contributed by atoms with Crippen LogP contribution in [-0.4, -0.2) is 17.9 Å². The molecule has 0 aliphatic heterocycles. The zero-order valence-corrected chi connectivity index (χ0v) is 8.90. The number of Topliss-reactive ketones (excluding diaryl/α,β-unsaturated/α-hetero) is 1. The second-order valence-electron chi connectivity index (χ2n) is 3.50. The van der Waals surface area contributed by atoms with Gasteiger partial charge in [-0.3, -0.25) is 9.59 Å². The van der Waals surface area contributed by atoms with E-state index in [1.807, 2.05) is 6.07 Å². The molecule has 0 fully saturated rings. The second kappa shape index (κ2) is 5.29. The molecule has 0 bridgehead atoms. The van der Waals surface area contributed by atoms with Crippen molar-refractivity contribution < 1.29 is 14.3 Å². The number of esters is 1. The highest BCUT2D eigenvalue weighted by atomic mass is 16.5. The quantitative estimate of drug-likeness (QED) is 0.431. The van der Waals surface area contributed by atoms with Crippen LogP contribution in [0, 0.1) is 0 Å². The Hall–Kier alpha value is -1.64. The van der Waals surface area contributed by atoms with E-state index in [2.05, 4.69) is 0 Å². The fraction of sp³-hybridized carbons (Fsp3) is 0.333. The van der Waals surface area contributed by atoms with Crippen LogP contribution in [0.25, 0.3) is 0 Å². The van der Waals surface area contributed by atoms with E-state index in [0.29, 0.717) is 5.56 Å². The molecule has 0 N–H and O–H groups in total. The lowest BCUT2D eigenvalue weighted by Crippen LogP contribution is -2.15. The van der Waals surface area contributed by atoms with Crippen molar-refractivity contribution in [2.45, 2.75) is 26.4 Å². The summed E-state index contributed by atoms with van der Waals surface area (Å²) in [5.41, 5.74) is 0.540. The Morgan fingerprint density at radius 1 is 1.20 bits per heavy atom. The first-order valence-electron chi connectivity index (χ1n) is 4.87. The summed E-state index contributed by atoms with van der Waals surface area (Å²) in [5.74, 6) is -0.680. The van der Waals surface area contributed by atoms with Gasteiger partial charge in [-0.1, -0.05) is 30.3 Å². The van der Waals surface area contributed by atoms with Gasteiger partial charge in [0.2, 0.25) is 0 Å². The Morgan fingerprint density at radius 3 is 2.33 bits per heavy atom. The zero-order valence-electron chi connectivity index (χ0n) is 8.90. The molecule has 0 atom stereocenters. The Kier molecular flexibility index (Phi) is 4.03. The van der Waals surface area contributed by atoms with Crippen LogP contribution in [0.3, 0.4) is 0 Å². The lowest BCUT2D eigenvalue weighted by atomic mass is 10.1. The van der Waals surface area contributed by atoms with E-state index < -0.39 is 5.97 Å². The molecule has 15 heavy (non-hydrogen) atoms. The minimum atomic E-state index is -0.473. The number of hydrogen-bond donors (Lipinski definition) is 0. The molecule has 0 radical (unpaired) electrons. The van der Waals surface area contributed by atoms with E-state index in [1.165, 1.54) is 0 Å². The average molecular weight is 206 g/mol. The van der Waals surface area contributed by atoms with E-state index in [9.17, 15) is 9.59 Å². The maximum absolute atomic E-state index is 11.5. The normalized spacial score (nSPS) is 10.1. The number of carbonyl (C=O) groups is 2. The number of ketones is 1. The summed E-state index contributed by atoms with van der Waals surface area (Å²) in [4.78, 5) is 22.7. The van der Waals surface area contributed by atoms with E-state index in [1.54, 1.807) is 38.1 Å². The molecule has 0 aromatic heterocycles. The van der Waals surface area contributed by atoms with Crippen LogP contribution >= 0.6 is 0 Å². The van der Waals surface area contributed by atoms with Gasteiger partial charge in [0.05, 0.1) is 6.10 Å². The fourth-order valence-corrected chi connectivity index (χ4v) is 1.16. The summed E-state index contributed by atoms with van der Waals surface area (Å²) in [6.45, 7) is 3.51. The lowest BCUT2D eigenvalue weighted by molar-refractivity contribution is -0.146. The molecule has 1 rings (SSSR count). The Balaban J connectivity index is 2.53. The lowest BCUT2D eigenvalue weighted by Gasteiger charge is -2.06. The highest BCUT2D eigenvalue weighted by Gasteiger charge is 2.13. The molecule has 0 unspecified atom stereocenters. The number of benzene rings is 1. The van der Waals surface area contributed by atoms with E-state index in [-0.39, 0.29) is 18.3 Å². The van der Waals surface area contributed by atoms with Gasteiger partial charge in [-0.2, -0.15) is 0 Å². The van der Waals surface area contributed by atoms with Gasteiger partial charge in [-0.25, -0.2) is 0 Å². The van der Waals surface area contributed by atoms with E-state index in [0.717, 1.165) is 0 Å². The standard InChI is InChI=1S/C12H14O3/c1-9(2)15-12(14)8-11(13)10-6-4-3-5-7-10/h3-7,9H,8H2,1-2H3. The highest BCUT2D eigenvalue weighted by Crippen LogP contribution is 2.04. The third-order valence-corrected chi connectivity index (χ3v) is 1.77. The van der Waals surface area contributed by atoms with Crippen LogP contribution in [0.1, 0.15) is 30.6 Å². The number of rotatable bonds is 4. The van der Waals surface area contributed by atoms with Crippen LogP contribution in [0.15, 0.2) is 30.3 Å². The van der Waals surface area contributed by atoms with Crippen LogP contribution in [-0.2, 0) is 9.53 Å². The third-order valence-electron chi connectivity index (χ3n) is 1.77. The maximum atomic E-state index is 11.5. The first kappa shape index (κ1) is 11.4. The molecular formula is C12H14O3. The van der Waals surface area contributed by atoms with Crippen molar-refractivity contribution in [1.29, 1.82) is 0 Å². The average Bonchev–Trinajstić information content (AvgIpc) is 2.17. The van der Waals surface area contributed by atoms with Gasteiger partial charge >= 0.3 is 5.97 Å². The van der Waals surface area contributed by atoms with Gasteiger partial charge in [0, 0.05) is 5.56 Å². The first-order valence-corrected chi connectivity index (χ1v) is 4.87. The molecule has 3 heteroatoms. The molecule has 1 aromatic rings. The van der Waals surface area contributed by atoms with Gasteiger partial charge in [0.1, 0.15) is 6.42 Å². The maximum Gasteiger partial charge on any atom is 0.313 e. The van der Waals surface area contributed by atoms with Gasteiger partial charge in [-0.15, -0.1) is 0 Å². The van der Waals surface area contributed by atoms with Crippen LogP contribution < -0.4 is 0 Å². The van der Waals surface area contributed by atoms with Crippen molar-refractivity contribution in [3.63, 3.8) is 0 Å². The second-order valence-corrected chi connectivity index (χ2v) is 3.50. The summed E-state index contributed by atoms with van der Waals surface area (Å²) < 4.78 is 4.88. The molecule has 0 saturated carbocycles. The van der Waals surface area contributed by atoms with Crippen molar-refractivity contribution >= 4 is 11.8 Å². The summed E-state index contributed by atoms with van der Waals surface area (Å²) in [6, 6.07) is 8.72. The van der Waals surface area contributed by atoms with Crippen molar-refractivity contribution in [2.75, 3.05) is 0 Å². The molecule has 0 spiro atoms. The molecule has 80 valence electrons. The summed E-state index contributed by atoms with van der Waals surface area (Å²) >= 11 is 0. The summed E-state index contributed by atoms with van der Waals surface area (Å²) in [5, 5.41) is 0. The Bertz CT molecular complexity index is 341. The van der Waals surface area contributed by atoms with Gasteiger partial charge in [-0.05, 0) is 13.8 Å². The third kappa shape index (κ3) is 3.94. The molecule has 0 aliphatic carbocycles. The molecular weight excluding hydrogens is 192 g/mol. The van der Waals surface area contributed by atoms with Crippen molar-refractivity contribution in [2.24, 2.45) is 0 Å². The minimum absolute atomic E-state index is 0.180. The van der Waals surface area contributed by atoms with Gasteiger partial charge in [0.25, 0.3) is 0 Å². The summed E-state index contributed by atoms with van der Waals surface area (Å²) in [7, 11) is 0. The van der Waals surface area contributed by atoms with E-state index in [4.69, 9.17) is 4.74 Å². The molecule has 3 nitrogen and oxygen atoms in total. The Morgan fingerprint density at radius 2 is 1.80 bits per heavy atom. The van der Waals surface area contributed by atoms with Crippen LogP contribution in [0.2, 0.25) is 0 Å². The van der Waals surface area contributed by atoms with Gasteiger partial charge in [0.15, 0.2) is 5.78 Å². The predicted octanol–water partition coefficient (Wildman–Crippen LogP) is 2.21. The van der Waals surface area contributed by atoms with E-state index >= 15 is 0 Å². The monoisotopic (exact) mass is 206 g/mol. The largest absolute Gasteiger partial charge is 0.463 e. The molecule has 0 aliphatic rings. The fourth-order valence-electron chi connectivity index (χ4n) is 1.16. The highest BCUT2D eigenvalue weighted by molar-refractivity contribution is 6.05. The number of carbonyl (C=O) groups excluding carboxylic acids is 2. The number of ether oxygens (including phenoxy) is 1. The molecule has 0 amide bonds. The van der Waals surface area contributed by atoms with Crippen LogP contribution in [0.5, 0.6) is 0 Å².